The van der Waals surface area contributed by atoms with Crippen molar-refractivity contribution in [3.8, 4) is 11.1 Å². The van der Waals surface area contributed by atoms with Crippen LogP contribution in [-0.2, 0) is 0 Å². The number of nitrogens with zero attached hydrogens (tertiary/aromatic N) is 2. The molecular weight excluding hydrogens is 599 g/mol. The molecule has 0 saturated carbocycles. The summed E-state index contributed by atoms with van der Waals surface area (Å²) in [5.74, 6) is 1.46. The SMILES string of the molecule is c1ccc(C2N=C(c3ccc4ccccc4c3)N=C(c3cccc4oc5cccc(-c6ccc7c(ccc8ccccc87)c6)c5c34)N2)cc1. The molecule has 10 rings (SSSR count). The lowest BCUT2D eigenvalue weighted by Gasteiger charge is -2.24. The first-order valence-electron chi connectivity index (χ1n) is 16.6. The number of furan rings is 1. The molecule has 0 bridgehead atoms. The fraction of sp³-hybridized carbons (Fsp3) is 0.0222. The molecule has 1 aliphatic rings. The molecule has 0 saturated heterocycles. The van der Waals surface area contributed by atoms with Crippen LogP contribution in [0.15, 0.2) is 178 Å². The van der Waals surface area contributed by atoms with E-state index in [0.29, 0.717) is 5.84 Å². The summed E-state index contributed by atoms with van der Waals surface area (Å²) < 4.78 is 6.55. The van der Waals surface area contributed by atoms with Gasteiger partial charge in [-0.25, -0.2) is 9.98 Å². The van der Waals surface area contributed by atoms with Gasteiger partial charge < -0.3 is 9.73 Å². The van der Waals surface area contributed by atoms with Crippen LogP contribution in [0.2, 0.25) is 0 Å². The lowest BCUT2D eigenvalue weighted by atomic mass is 9.94. The molecular formula is C45H29N3O. The largest absolute Gasteiger partial charge is 0.456 e. The minimum absolute atomic E-state index is 0.307. The van der Waals surface area contributed by atoms with E-state index in [1.54, 1.807) is 0 Å². The maximum Gasteiger partial charge on any atom is 0.159 e. The molecule has 4 nitrogen and oxygen atoms in total. The summed E-state index contributed by atoms with van der Waals surface area (Å²) in [6, 6.07) is 57.5. The van der Waals surface area contributed by atoms with E-state index in [1.807, 2.05) is 18.2 Å². The number of benzene rings is 8. The van der Waals surface area contributed by atoms with Crippen LogP contribution in [0, 0.1) is 0 Å². The fourth-order valence-corrected chi connectivity index (χ4v) is 7.33. The highest BCUT2D eigenvalue weighted by Gasteiger charge is 2.25. The molecule has 1 atom stereocenters. The van der Waals surface area contributed by atoms with Crippen molar-refractivity contribution in [2.75, 3.05) is 0 Å². The molecule has 4 heteroatoms. The average molecular weight is 628 g/mol. The second-order valence-electron chi connectivity index (χ2n) is 12.6. The molecule has 1 aromatic heterocycles. The normalized spacial score (nSPS) is 14.7. The van der Waals surface area contributed by atoms with Gasteiger partial charge in [0.1, 0.15) is 23.2 Å². The number of hydrogen-bond acceptors (Lipinski definition) is 4. The smallest absolute Gasteiger partial charge is 0.159 e. The summed E-state index contributed by atoms with van der Waals surface area (Å²) in [7, 11) is 0. The highest BCUT2D eigenvalue weighted by atomic mass is 16.3. The lowest BCUT2D eigenvalue weighted by Crippen LogP contribution is -2.33. The van der Waals surface area contributed by atoms with Crippen LogP contribution in [0.1, 0.15) is 22.9 Å². The summed E-state index contributed by atoms with van der Waals surface area (Å²) in [6.07, 6.45) is -0.307. The molecule has 1 aliphatic heterocycles. The second kappa shape index (κ2) is 11.0. The summed E-state index contributed by atoms with van der Waals surface area (Å²) in [4.78, 5) is 10.4. The van der Waals surface area contributed by atoms with Gasteiger partial charge in [-0.2, -0.15) is 0 Å². The molecule has 230 valence electrons. The topological polar surface area (TPSA) is 49.9 Å². The van der Waals surface area contributed by atoms with Crippen LogP contribution in [-0.4, -0.2) is 11.7 Å². The Morgan fingerprint density at radius 3 is 1.96 bits per heavy atom. The Balaban J connectivity index is 1.17. The zero-order valence-corrected chi connectivity index (χ0v) is 26.5. The molecule has 0 aliphatic carbocycles. The monoisotopic (exact) mass is 627 g/mol. The lowest BCUT2D eigenvalue weighted by molar-refractivity contribution is 0.668. The van der Waals surface area contributed by atoms with E-state index in [-0.39, 0.29) is 6.17 Å². The van der Waals surface area contributed by atoms with Crippen LogP contribution >= 0.6 is 0 Å². The van der Waals surface area contributed by atoms with Gasteiger partial charge in [0.05, 0.1) is 0 Å². The summed E-state index contributed by atoms with van der Waals surface area (Å²) in [5, 5.41) is 13.1. The number of fused-ring (bicyclic) bond motifs is 7. The molecule has 1 N–H and O–H groups in total. The first kappa shape index (κ1) is 27.6. The minimum atomic E-state index is -0.307. The van der Waals surface area contributed by atoms with Gasteiger partial charge in [-0.3, -0.25) is 0 Å². The highest BCUT2D eigenvalue weighted by molar-refractivity contribution is 6.24. The van der Waals surface area contributed by atoms with E-state index in [4.69, 9.17) is 14.4 Å². The van der Waals surface area contributed by atoms with E-state index in [9.17, 15) is 0 Å². The molecule has 1 unspecified atom stereocenters. The van der Waals surface area contributed by atoms with Crippen LogP contribution in [0.4, 0.5) is 0 Å². The van der Waals surface area contributed by atoms with Crippen LogP contribution in [0.3, 0.4) is 0 Å². The van der Waals surface area contributed by atoms with Gasteiger partial charge in [-0.05, 0) is 73.3 Å². The van der Waals surface area contributed by atoms with Crippen LogP contribution in [0.25, 0.3) is 65.4 Å². The quantitative estimate of drug-likeness (QED) is 0.197. The average Bonchev–Trinajstić information content (AvgIpc) is 3.57. The Labute approximate surface area is 282 Å². The zero-order valence-electron chi connectivity index (χ0n) is 26.5. The number of nitrogens with one attached hydrogen (secondary N) is 1. The van der Waals surface area contributed by atoms with Crippen molar-refractivity contribution in [3.63, 3.8) is 0 Å². The Morgan fingerprint density at radius 1 is 0.469 bits per heavy atom. The summed E-state index contributed by atoms with van der Waals surface area (Å²) >= 11 is 0. The molecule has 8 aromatic carbocycles. The minimum Gasteiger partial charge on any atom is -0.456 e. The highest BCUT2D eigenvalue weighted by Crippen LogP contribution is 2.40. The van der Waals surface area contributed by atoms with Crippen molar-refractivity contribution in [3.05, 3.63) is 180 Å². The first-order valence-corrected chi connectivity index (χ1v) is 16.6. The van der Waals surface area contributed by atoms with Gasteiger partial charge in [0.2, 0.25) is 0 Å². The van der Waals surface area contributed by atoms with Gasteiger partial charge in [-0.1, -0.05) is 140 Å². The molecule has 2 heterocycles. The van der Waals surface area contributed by atoms with E-state index in [0.717, 1.165) is 61.0 Å². The van der Waals surface area contributed by atoms with Crippen molar-refractivity contribution < 1.29 is 4.42 Å². The Hall–Kier alpha value is -6.52. The maximum atomic E-state index is 6.55. The molecule has 9 aromatic rings. The molecule has 0 fully saturated rings. The van der Waals surface area contributed by atoms with E-state index in [1.165, 1.54) is 26.9 Å². The van der Waals surface area contributed by atoms with Crippen molar-refractivity contribution >= 4 is 65.9 Å². The van der Waals surface area contributed by atoms with Gasteiger partial charge in [0.15, 0.2) is 5.84 Å². The third-order valence-corrected chi connectivity index (χ3v) is 9.70. The first-order chi connectivity index (χ1) is 24.3. The molecule has 0 radical (unpaired) electrons. The van der Waals surface area contributed by atoms with Crippen molar-refractivity contribution in [1.29, 1.82) is 0 Å². The summed E-state index contributed by atoms with van der Waals surface area (Å²) in [5.41, 5.74) is 6.96. The van der Waals surface area contributed by atoms with Crippen molar-refractivity contribution in [2.45, 2.75) is 6.17 Å². The van der Waals surface area contributed by atoms with Gasteiger partial charge >= 0.3 is 0 Å². The van der Waals surface area contributed by atoms with E-state index >= 15 is 0 Å². The molecule has 0 spiro atoms. The maximum absolute atomic E-state index is 6.55. The third-order valence-electron chi connectivity index (χ3n) is 9.70. The predicted octanol–water partition coefficient (Wildman–Crippen LogP) is 11.2. The van der Waals surface area contributed by atoms with Crippen molar-refractivity contribution in [1.82, 2.24) is 5.32 Å². The van der Waals surface area contributed by atoms with E-state index in [2.05, 4.69) is 151 Å². The number of rotatable bonds is 4. The fourth-order valence-electron chi connectivity index (χ4n) is 7.33. The standard InChI is InChI=1S/C45H29N3O/c1-2-12-30(13-3-1)43-46-44(34-23-20-28-10-4-5-14-31(28)26-34)48-45(47-43)38-17-9-19-40-42(38)41-37(16-8-18-39(41)49-40)33-24-25-36-32(27-33)22-21-29-11-6-7-15-35(29)36/h1-27,43H,(H,46,47,48). The number of amidine groups is 2. The molecule has 0 amide bonds. The zero-order chi connectivity index (χ0) is 32.3. The Kier molecular flexibility index (Phi) is 6.21. The van der Waals surface area contributed by atoms with Gasteiger partial charge in [0, 0.05) is 21.9 Å². The van der Waals surface area contributed by atoms with Crippen molar-refractivity contribution in [2.24, 2.45) is 9.98 Å². The van der Waals surface area contributed by atoms with Crippen LogP contribution in [0.5, 0.6) is 0 Å². The third kappa shape index (κ3) is 4.61. The predicted molar refractivity (Wildman–Crippen MR) is 204 cm³/mol. The Bertz CT molecular complexity index is 2810. The second-order valence-corrected chi connectivity index (χ2v) is 12.6. The molecule has 49 heavy (non-hydrogen) atoms. The number of aliphatic imine (C=N–C) groups is 2. The summed E-state index contributed by atoms with van der Waals surface area (Å²) in [6.45, 7) is 0. The van der Waals surface area contributed by atoms with E-state index < -0.39 is 0 Å². The van der Waals surface area contributed by atoms with Crippen LogP contribution < -0.4 is 5.32 Å². The Morgan fingerprint density at radius 2 is 1.10 bits per heavy atom. The van der Waals surface area contributed by atoms with Gasteiger partial charge in [0.25, 0.3) is 0 Å². The number of hydrogen-bond donors (Lipinski definition) is 1. The van der Waals surface area contributed by atoms with Gasteiger partial charge in [-0.15, -0.1) is 0 Å².